The van der Waals surface area contributed by atoms with Gasteiger partial charge in [-0.3, -0.25) is 0 Å². The van der Waals surface area contributed by atoms with Gasteiger partial charge < -0.3 is 10.2 Å². The maximum atomic E-state index is 11.7. The van der Waals surface area contributed by atoms with Crippen LogP contribution < -0.4 is 0 Å². The molecule has 4 saturated carbocycles. The molecular weight excluding hydrogens is 392 g/mol. The van der Waals surface area contributed by atoms with Crippen molar-refractivity contribution in [3.8, 4) is 0 Å². The lowest BCUT2D eigenvalue weighted by molar-refractivity contribution is -0.215. The summed E-state index contributed by atoms with van der Waals surface area (Å²) < 4.78 is 0. The fraction of sp³-hybridized carbons (Fsp3) is 0.933. The third-order valence-corrected chi connectivity index (χ3v) is 13.5. The van der Waals surface area contributed by atoms with Crippen LogP contribution in [0.25, 0.3) is 0 Å². The molecule has 5 rings (SSSR count). The van der Waals surface area contributed by atoms with E-state index >= 15 is 0 Å². The highest BCUT2D eigenvalue weighted by molar-refractivity contribution is 5.35. The van der Waals surface area contributed by atoms with Gasteiger partial charge in [0.05, 0.1) is 12.2 Å². The maximum Gasteiger partial charge on any atom is 0.0608 e. The molecule has 5 aliphatic carbocycles. The lowest BCUT2D eigenvalue weighted by Crippen LogP contribution is -2.66. The highest BCUT2D eigenvalue weighted by atomic mass is 16.3. The van der Waals surface area contributed by atoms with Crippen molar-refractivity contribution in [2.45, 2.75) is 119 Å². The first kappa shape index (κ1) is 23.4. The quantitative estimate of drug-likeness (QED) is 0.397. The SMILES string of the molecule is C[C@H]1[C@H](C)CC[C@]2(C)[C@H](O)C[C@]3(C)C(=CC[C@@H]4[C@@]5(C)CC[C@H](O)C(C)(C)[C@H]5CC[C@]43C)[C@H]12. The van der Waals surface area contributed by atoms with Crippen LogP contribution in [0.3, 0.4) is 0 Å². The average Bonchev–Trinajstić information content (AvgIpc) is 2.70. The molecule has 5 aliphatic rings. The predicted molar refractivity (Wildman–Crippen MR) is 132 cm³/mol. The van der Waals surface area contributed by atoms with Gasteiger partial charge in [0.25, 0.3) is 0 Å². The molecule has 0 amide bonds. The molecule has 0 aromatic carbocycles. The van der Waals surface area contributed by atoms with Crippen LogP contribution in [0.2, 0.25) is 0 Å². The van der Waals surface area contributed by atoms with Gasteiger partial charge in [-0.15, -0.1) is 0 Å². The second-order valence-electron chi connectivity index (χ2n) is 14.7. The Balaban J connectivity index is 1.61. The third-order valence-electron chi connectivity index (χ3n) is 13.5. The van der Waals surface area contributed by atoms with E-state index in [4.69, 9.17) is 0 Å². The minimum absolute atomic E-state index is 0.00278. The van der Waals surface area contributed by atoms with Crippen molar-refractivity contribution >= 4 is 0 Å². The van der Waals surface area contributed by atoms with Crippen LogP contribution >= 0.6 is 0 Å². The Morgan fingerprint density at radius 3 is 2.12 bits per heavy atom. The van der Waals surface area contributed by atoms with Gasteiger partial charge in [0.1, 0.15) is 0 Å². The van der Waals surface area contributed by atoms with Crippen molar-refractivity contribution in [1.82, 2.24) is 0 Å². The predicted octanol–water partition coefficient (Wildman–Crippen LogP) is 7.00. The van der Waals surface area contributed by atoms with Crippen LogP contribution in [-0.2, 0) is 0 Å². The summed E-state index contributed by atoms with van der Waals surface area (Å²) in [7, 11) is 0. The number of fused-ring (bicyclic) bond motifs is 7. The summed E-state index contributed by atoms with van der Waals surface area (Å²) in [5.41, 5.74) is 2.34. The van der Waals surface area contributed by atoms with Crippen LogP contribution in [0.15, 0.2) is 11.6 Å². The van der Waals surface area contributed by atoms with E-state index in [0.29, 0.717) is 23.7 Å². The normalized spacial score (nSPS) is 59.2. The Labute approximate surface area is 197 Å². The van der Waals surface area contributed by atoms with E-state index in [2.05, 4.69) is 61.5 Å². The van der Waals surface area contributed by atoms with Crippen molar-refractivity contribution in [1.29, 1.82) is 0 Å². The van der Waals surface area contributed by atoms with Gasteiger partial charge in [-0.1, -0.05) is 67.0 Å². The number of aliphatic hydroxyl groups excluding tert-OH is 2. The fourth-order valence-corrected chi connectivity index (χ4v) is 10.9. The summed E-state index contributed by atoms with van der Waals surface area (Å²) in [6, 6.07) is 0. The average molecular weight is 443 g/mol. The van der Waals surface area contributed by atoms with Crippen molar-refractivity contribution in [3.05, 3.63) is 11.6 Å². The largest absolute Gasteiger partial charge is 0.393 e. The summed E-state index contributed by atoms with van der Waals surface area (Å²) in [5.74, 6) is 3.13. The zero-order valence-corrected chi connectivity index (χ0v) is 22.2. The van der Waals surface area contributed by atoms with E-state index in [1.54, 1.807) is 5.57 Å². The van der Waals surface area contributed by atoms with E-state index in [-0.39, 0.29) is 39.3 Å². The monoisotopic (exact) mass is 442 g/mol. The van der Waals surface area contributed by atoms with Crippen molar-refractivity contribution in [3.63, 3.8) is 0 Å². The summed E-state index contributed by atoms with van der Waals surface area (Å²) in [4.78, 5) is 0. The second kappa shape index (κ2) is 6.87. The molecule has 2 nitrogen and oxygen atoms in total. The maximum absolute atomic E-state index is 11.7. The summed E-state index contributed by atoms with van der Waals surface area (Å²) in [6.45, 7) is 19.7. The van der Waals surface area contributed by atoms with E-state index in [0.717, 1.165) is 25.2 Å². The Bertz CT molecular complexity index is 814. The molecule has 0 radical (unpaired) electrons. The van der Waals surface area contributed by atoms with Gasteiger partial charge in [0.2, 0.25) is 0 Å². The second-order valence-corrected chi connectivity index (χ2v) is 14.7. The molecule has 0 saturated heterocycles. The first-order valence-electron chi connectivity index (χ1n) is 13.8. The first-order chi connectivity index (χ1) is 14.7. The van der Waals surface area contributed by atoms with Crippen LogP contribution in [0.1, 0.15) is 107 Å². The molecule has 0 aliphatic heterocycles. The summed E-state index contributed by atoms with van der Waals surface area (Å²) >= 11 is 0. The topological polar surface area (TPSA) is 40.5 Å². The molecule has 2 N–H and O–H groups in total. The number of hydrogen-bond acceptors (Lipinski definition) is 2. The highest BCUT2D eigenvalue weighted by Gasteiger charge is 2.69. The lowest BCUT2D eigenvalue weighted by atomic mass is 9.33. The summed E-state index contributed by atoms with van der Waals surface area (Å²) in [6.07, 6.45) is 11.4. The molecule has 182 valence electrons. The molecule has 0 aromatic rings. The fourth-order valence-electron chi connectivity index (χ4n) is 10.9. The number of rotatable bonds is 0. The van der Waals surface area contributed by atoms with Crippen LogP contribution in [0.4, 0.5) is 0 Å². The van der Waals surface area contributed by atoms with Crippen LogP contribution in [0, 0.1) is 56.7 Å². The first-order valence-corrected chi connectivity index (χ1v) is 13.8. The third kappa shape index (κ3) is 2.61. The van der Waals surface area contributed by atoms with Crippen LogP contribution in [0.5, 0.6) is 0 Å². The van der Waals surface area contributed by atoms with Gasteiger partial charge in [0.15, 0.2) is 0 Å². The zero-order valence-electron chi connectivity index (χ0n) is 22.2. The minimum atomic E-state index is -0.199. The molecule has 2 heteroatoms. The van der Waals surface area contributed by atoms with Crippen molar-refractivity contribution in [2.75, 3.05) is 0 Å². The van der Waals surface area contributed by atoms with E-state index in [1.165, 1.54) is 32.1 Å². The standard InChI is InChI=1S/C30H50O2/c1-18-11-14-28(6)24(32)17-30(8)20(25(28)19(18)2)9-10-22-27(5)15-13-23(31)26(3,4)21(27)12-16-29(22,30)7/h9,18-19,21-25,31-32H,10-17H2,1-8H3/t18-,19+,21-,22-,23+,24-,25+,27+,28-,29-,30-/m1/s1. The number of hydrogen-bond donors (Lipinski definition) is 2. The lowest BCUT2D eigenvalue weighted by Gasteiger charge is -2.72. The van der Waals surface area contributed by atoms with Crippen molar-refractivity contribution < 1.29 is 10.2 Å². The Hall–Kier alpha value is -0.340. The molecule has 0 spiro atoms. The van der Waals surface area contributed by atoms with Gasteiger partial charge in [0, 0.05) is 5.41 Å². The van der Waals surface area contributed by atoms with Gasteiger partial charge in [-0.25, -0.2) is 0 Å². The molecule has 0 unspecified atom stereocenters. The molecular formula is C30H50O2. The number of allylic oxidation sites excluding steroid dienone is 2. The molecule has 0 heterocycles. The van der Waals surface area contributed by atoms with Gasteiger partial charge in [-0.05, 0) is 103 Å². The molecule has 0 aromatic heterocycles. The Kier molecular flexibility index (Phi) is 5.02. The van der Waals surface area contributed by atoms with E-state index in [1.807, 2.05) is 0 Å². The van der Waals surface area contributed by atoms with Gasteiger partial charge >= 0.3 is 0 Å². The smallest absolute Gasteiger partial charge is 0.0608 e. The molecule has 4 fully saturated rings. The Morgan fingerprint density at radius 1 is 0.781 bits per heavy atom. The van der Waals surface area contributed by atoms with Crippen molar-refractivity contribution in [2.24, 2.45) is 56.7 Å². The van der Waals surface area contributed by atoms with E-state index < -0.39 is 0 Å². The van der Waals surface area contributed by atoms with Crippen LogP contribution in [-0.4, -0.2) is 22.4 Å². The zero-order chi connectivity index (χ0) is 23.5. The minimum Gasteiger partial charge on any atom is -0.393 e. The summed E-state index contributed by atoms with van der Waals surface area (Å²) in [5, 5.41) is 22.6. The number of aliphatic hydroxyl groups is 2. The Morgan fingerprint density at radius 2 is 1.44 bits per heavy atom. The molecule has 32 heavy (non-hydrogen) atoms. The van der Waals surface area contributed by atoms with E-state index in [9.17, 15) is 10.2 Å². The molecule has 0 bridgehead atoms. The van der Waals surface area contributed by atoms with Gasteiger partial charge in [-0.2, -0.15) is 0 Å². The molecule has 11 atom stereocenters. The highest BCUT2D eigenvalue weighted by Crippen LogP contribution is 2.75.